The second-order valence-corrected chi connectivity index (χ2v) is 25.6. The summed E-state index contributed by atoms with van der Waals surface area (Å²) in [7, 11) is -39.2. The average Bonchev–Trinajstić information content (AvgIpc) is 2.87. The van der Waals surface area contributed by atoms with E-state index in [2.05, 4.69) is 0 Å². The van der Waals surface area contributed by atoms with Crippen molar-refractivity contribution >= 4 is 90.3 Å². The molecule has 0 aliphatic carbocycles. The van der Waals surface area contributed by atoms with Crippen LogP contribution in [0.4, 0.5) is 0 Å². The van der Waals surface area contributed by atoms with Crippen molar-refractivity contribution < 1.29 is 115 Å². The SMILES string of the molecule is O=P(O)(O)CN(CCN(CCN(CCN(CP(=O)(O)O)CP(=O)(O)O)CP(=O)(O)O)CP(=O)(O)O)CCN(CCN(CP(=O)(O)O)CP(=O)(O)O)CP(=O)(O)O.[Na]. The van der Waals surface area contributed by atoms with E-state index in [-0.39, 0.29) is 29.6 Å². The Balaban J connectivity index is 0. The molecule has 30 nitrogen and oxygen atoms in total. The molecule has 16 N–H and O–H groups in total. The third-order valence-corrected chi connectivity index (χ3v) is 12.9. The minimum atomic E-state index is -4.92. The van der Waals surface area contributed by atoms with Gasteiger partial charge >= 0.3 is 60.8 Å². The fourth-order valence-electron chi connectivity index (χ4n) is 4.88. The van der Waals surface area contributed by atoms with Gasteiger partial charge in [0.15, 0.2) is 0 Å². The van der Waals surface area contributed by atoms with Crippen LogP contribution in [0.3, 0.4) is 0 Å². The second kappa shape index (κ2) is 25.4. The van der Waals surface area contributed by atoms with Crippen molar-refractivity contribution in [3.63, 3.8) is 0 Å². The van der Waals surface area contributed by atoms with Crippen LogP contribution in [0, 0.1) is 0 Å². The molecule has 1 radical (unpaired) electrons. The molecule has 0 unspecified atom stereocenters. The Labute approximate surface area is 348 Å². The minimum Gasteiger partial charge on any atom is -0.324 e. The summed E-state index contributed by atoms with van der Waals surface area (Å²) in [4.78, 5) is 157. The molecule has 0 aromatic rings. The van der Waals surface area contributed by atoms with Gasteiger partial charge in [0, 0.05) is 95.0 Å². The second-order valence-electron chi connectivity index (χ2n) is 12.7. The molecule has 0 saturated heterocycles. The number of hydrogen-bond acceptors (Lipinski definition) is 14. The first-order valence-corrected chi connectivity index (χ1v) is 29.8. The summed E-state index contributed by atoms with van der Waals surface area (Å²) >= 11 is 0. The van der Waals surface area contributed by atoms with Crippen molar-refractivity contribution in [3.8, 4) is 0 Å². The van der Waals surface area contributed by atoms with Crippen LogP contribution < -0.4 is 0 Å². The van der Waals surface area contributed by atoms with Gasteiger partial charge < -0.3 is 78.3 Å². The van der Waals surface area contributed by atoms with Crippen molar-refractivity contribution in [1.82, 2.24) is 29.4 Å². The maximum atomic E-state index is 12.0. The first kappa shape index (κ1) is 61.0. The van der Waals surface area contributed by atoms with E-state index in [1.54, 1.807) is 0 Å². The number of rotatable bonds is 31. The first-order chi connectivity index (χ1) is 24.7. The quantitative estimate of drug-likeness (QED) is 0.0230. The molecule has 0 aliphatic rings. The van der Waals surface area contributed by atoms with Crippen LogP contribution in [0.2, 0.25) is 0 Å². The van der Waals surface area contributed by atoms with Gasteiger partial charge in [0.25, 0.3) is 0 Å². The van der Waals surface area contributed by atoms with Crippen LogP contribution in [-0.4, -0.2) is 253 Å². The maximum Gasteiger partial charge on any atom is 0.339 e. The van der Waals surface area contributed by atoms with Gasteiger partial charge in [0.05, 0.1) is 0 Å². The standard InChI is InChI=1S/C18H52N6O24P8.Na/c25-49(26,27)11-19(3-5-21(13-51(31,32)33)7-9-23(15-53(37,38)39)16-54(40,41)42)1-2-20(12-50(28,29)30)4-6-22(14-52(34,35)36)8-10-24(17-55(43,44)45)18-56(46,47)48;/h1-18H2,(H2,25,26,27)(H2,28,29,30)(H2,31,32,33)(H2,34,35,36)(H2,37,38,39)(H2,40,41,42)(H2,43,44,45)(H2,46,47,48);. The summed E-state index contributed by atoms with van der Waals surface area (Å²) in [6.45, 7) is -4.75. The summed E-state index contributed by atoms with van der Waals surface area (Å²) in [5.74, 6) is 0. The van der Waals surface area contributed by atoms with E-state index in [0.717, 1.165) is 19.6 Å². The zero-order chi connectivity index (χ0) is 44.2. The van der Waals surface area contributed by atoms with Crippen molar-refractivity contribution in [2.45, 2.75) is 0 Å². The van der Waals surface area contributed by atoms with Crippen LogP contribution in [0.5, 0.6) is 0 Å². The molecular formula is C18H52N6NaO24P8. The Morgan fingerprint density at radius 2 is 0.298 bits per heavy atom. The van der Waals surface area contributed by atoms with Crippen LogP contribution in [-0.2, 0) is 36.5 Å². The Morgan fingerprint density at radius 3 is 0.404 bits per heavy atom. The normalized spacial score (nSPS) is 14.5. The third kappa shape index (κ3) is 40.5. The molecule has 0 fully saturated rings. The van der Waals surface area contributed by atoms with E-state index in [9.17, 15) is 115 Å². The van der Waals surface area contributed by atoms with Crippen molar-refractivity contribution in [2.24, 2.45) is 0 Å². The van der Waals surface area contributed by atoms with Gasteiger partial charge in [0.2, 0.25) is 0 Å². The smallest absolute Gasteiger partial charge is 0.324 e. The third-order valence-electron chi connectivity index (χ3n) is 6.74. The predicted molar refractivity (Wildman–Crippen MR) is 201 cm³/mol. The summed E-state index contributed by atoms with van der Waals surface area (Å²) < 4.78 is 93.6. The molecule has 0 amide bonds. The molecule has 39 heteroatoms. The molecule has 0 bridgehead atoms. The average molecular weight is 1010 g/mol. The van der Waals surface area contributed by atoms with Crippen LogP contribution in [0.1, 0.15) is 0 Å². The maximum absolute atomic E-state index is 12.0. The van der Waals surface area contributed by atoms with E-state index < -0.39 is 177 Å². The molecule has 0 heterocycles. The van der Waals surface area contributed by atoms with Crippen LogP contribution >= 0.6 is 60.8 Å². The summed E-state index contributed by atoms with van der Waals surface area (Å²) in [6.07, 6.45) is -8.70. The fourth-order valence-corrected chi connectivity index (χ4v) is 11.5. The van der Waals surface area contributed by atoms with Crippen LogP contribution in [0.25, 0.3) is 0 Å². The van der Waals surface area contributed by atoms with Crippen LogP contribution in [0.15, 0.2) is 0 Å². The van der Waals surface area contributed by atoms with E-state index >= 15 is 0 Å². The van der Waals surface area contributed by atoms with E-state index in [1.807, 2.05) is 0 Å². The van der Waals surface area contributed by atoms with Gasteiger partial charge in [0.1, 0.15) is 50.3 Å². The van der Waals surface area contributed by atoms with E-state index in [1.165, 1.54) is 0 Å². The van der Waals surface area contributed by atoms with Gasteiger partial charge in [-0.3, -0.25) is 65.9 Å². The molecule has 0 atom stereocenters. The minimum absolute atomic E-state index is 0. The molecule has 0 aromatic carbocycles. The van der Waals surface area contributed by atoms with Gasteiger partial charge in [-0.15, -0.1) is 0 Å². The Kier molecular flexibility index (Phi) is 27.3. The predicted octanol–water partition coefficient (Wildman–Crippen LogP) is -4.50. The number of hydrogen-bond donors (Lipinski definition) is 16. The molecule has 0 saturated carbocycles. The fraction of sp³-hybridized carbons (Fsp3) is 1.00. The molecule has 0 aromatic heterocycles. The Hall–Kier alpha value is 1.96. The zero-order valence-corrected chi connectivity index (χ0v) is 39.6. The van der Waals surface area contributed by atoms with E-state index in [4.69, 9.17) is 0 Å². The number of nitrogens with zero attached hydrogens (tertiary/aromatic N) is 6. The first-order valence-electron chi connectivity index (χ1n) is 15.4. The topological polar surface area (TPSA) is 480 Å². The Bertz CT molecular complexity index is 1440. The zero-order valence-electron chi connectivity index (χ0n) is 30.4. The largest absolute Gasteiger partial charge is 0.339 e. The van der Waals surface area contributed by atoms with Gasteiger partial charge in [-0.1, -0.05) is 0 Å². The monoisotopic (exact) mass is 1010 g/mol. The molecular weight excluding hydrogens is 955 g/mol. The Morgan fingerprint density at radius 1 is 0.211 bits per heavy atom. The summed E-state index contributed by atoms with van der Waals surface area (Å²) in [5.41, 5.74) is 0. The molecule has 0 spiro atoms. The summed E-state index contributed by atoms with van der Waals surface area (Å²) in [6, 6.07) is 0. The van der Waals surface area contributed by atoms with Gasteiger partial charge in [-0.2, -0.15) is 0 Å². The van der Waals surface area contributed by atoms with Gasteiger partial charge in [-0.25, -0.2) is 0 Å². The molecule has 57 heavy (non-hydrogen) atoms. The molecule has 0 aliphatic heterocycles. The molecule has 339 valence electrons. The van der Waals surface area contributed by atoms with Crippen molar-refractivity contribution in [2.75, 3.05) is 116 Å². The van der Waals surface area contributed by atoms with E-state index in [0.29, 0.717) is 9.80 Å². The summed E-state index contributed by atoms with van der Waals surface area (Å²) in [5, 5.41) is 0. The molecule has 0 rings (SSSR count). The van der Waals surface area contributed by atoms with Gasteiger partial charge in [-0.05, 0) is 0 Å². The van der Waals surface area contributed by atoms with Crippen molar-refractivity contribution in [1.29, 1.82) is 0 Å². The van der Waals surface area contributed by atoms with Crippen molar-refractivity contribution in [3.05, 3.63) is 0 Å².